The number of ether oxygens (including phenoxy) is 1. The molecule has 2 N–H and O–H groups in total. The third-order valence-electron chi connectivity index (χ3n) is 4.32. The van der Waals surface area contributed by atoms with Crippen LogP contribution in [0.5, 0.6) is 0 Å². The maximum Gasteiger partial charge on any atom is 0.224 e. The van der Waals surface area contributed by atoms with Gasteiger partial charge in [0.2, 0.25) is 5.91 Å². The Kier molecular flexibility index (Phi) is 4.76. The number of rotatable bonds is 4. The highest BCUT2D eigenvalue weighted by molar-refractivity contribution is 5.94. The molecule has 114 valence electrons. The predicted molar refractivity (Wildman–Crippen MR) is 84.7 cm³/mol. The first-order valence-corrected chi connectivity index (χ1v) is 8.10. The molecule has 2 heterocycles. The van der Waals surface area contributed by atoms with Crippen molar-refractivity contribution in [2.45, 2.75) is 51.0 Å². The summed E-state index contributed by atoms with van der Waals surface area (Å²) in [6.07, 6.45) is 7.35. The second-order valence-corrected chi connectivity index (χ2v) is 5.95. The minimum Gasteiger partial charge on any atom is -0.383 e. The summed E-state index contributed by atoms with van der Waals surface area (Å²) in [4.78, 5) is 12.1. The number of carbonyl (C=O) groups excluding carboxylic acids is 1. The Morgan fingerprint density at radius 1 is 1.33 bits per heavy atom. The molecule has 21 heavy (non-hydrogen) atoms. The summed E-state index contributed by atoms with van der Waals surface area (Å²) in [5.74, 6) is 0.0879. The van der Waals surface area contributed by atoms with Crippen molar-refractivity contribution in [1.82, 2.24) is 0 Å². The van der Waals surface area contributed by atoms with Crippen LogP contribution in [0.25, 0.3) is 0 Å². The molecule has 1 saturated heterocycles. The summed E-state index contributed by atoms with van der Waals surface area (Å²) in [5.41, 5.74) is 3.32. The molecule has 0 saturated carbocycles. The Morgan fingerprint density at radius 3 is 3.14 bits per heavy atom. The number of para-hydroxylation sites is 1. The van der Waals surface area contributed by atoms with Gasteiger partial charge in [-0.05, 0) is 50.2 Å². The monoisotopic (exact) mass is 288 g/mol. The number of fused-ring (bicyclic) bond motifs is 1. The van der Waals surface area contributed by atoms with Gasteiger partial charge in [-0.15, -0.1) is 0 Å². The van der Waals surface area contributed by atoms with Crippen molar-refractivity contribution in [3.8, 4) is 0 Å². The molecule has 0 bridgehead atoms. The van der Waals surface area contributed by atoms with E-state index >= 15 is 0 Å². The lowest BCUT2D eigenvalue weighted by atomic mass is 10.0. The topological polar surface area (TPSA) is 50.4 Å². The molecule has 2 aliphatic rings. The van der Waals surface area contributed by atoms with Gasteiger partial charge in [0.05, 0.1) is 17.5 Å². The lowest BCUT2D eigenvalue weighted by Crippen LogP contribution is -2.22. The van der Waals surface area contributed by atoms with Gasteiger partial charge in [-0.25, -0.2) is 0 Å². The van der Waals surface area contributed by atoms with Crippen LogP contribution in [0, 0.1) is 0 Å². The van der Waals surface area contributed by atoms with E-state index in [2.05, 4.69) is 16.7 Å². The van der Waals surface area contributed by atoms with E-state index < -0.39 is 0 Å². The van der Waals surface area contributed by atoms with Crippen LogP contribution in [0.15, 0.2) is 18.2 Å². The average molecular weight is 288 g/mol. The summed E-state index contributed by atoms with van der Waals surface area (Å²) in [5, 5.41) is 6.46. The molecule has 1 aromatic rings. The third-order valence-corrected chi connectivity index (χ3v) is 4.32. The molecule has 1 unspecified atom stereocenters. The number of hydrogen-bond donors (Lipinski definition) is 2. The quantitative estimate of drug-likeness (QED) is 0.893. The predicted octanol–water partition coefficient (Wildman–Crippen LogP) is 3.33. The zero-order valence-electron chi connectivity index (χ0n) is 12.5. The van der Waals surface area contributed by atoms with Gasteiger partial charge in [0.25, 0.3) is 0 Å². The average Bonchev–Trinajstić information content (AvgIpc) is 2.54. The standard InChI is InChI=1S/C17H24N2O2/c20-16(10-9-14-7-1-2-12-21-14)19-15-8-3-5-13-6-4-11-18-17(13)15/h3,5,8,14,18H,1-2,4,6-7,9-12H2,(H,19,20). The fraction of sp³-hybridized carbons (Fsp3) is 0.588. The summed E-state index contributed by atoms with van der Waals surface area (Å²) in [7, 11) is 0. The molecule has 0 aliphatic carbocycles. The molecule has 0 aromatic heterocycles. The molecule has 1 fully saturated rings. The Bertz CT molecular complexity index is 496. The maximum atomic E-state index is 12.1. The SMILES string of the molecule is O=C(CCC1CCCCO1)Nc1cccc2c1NCCC2. The normalized spacial score (nSPS) is 21.2. The van der Waals surface area contributed by atoms with Crippen LogP contribution in [0.1, 0.15) is 44.1 Å². The van der Waals surface area contributed by atoms with Gasteiger partial charge in [-0.1, -0.05) is 12.1 Å². The van der Waals surface area contributed by atoms with E-state index in [-0.39, 0.29) is 12.0 Å². The van der Waals surface area contributed by atoms with Gasteiger partial charge in [0, 0.05) is 19.6 Å². The van der Waals surface area contributed by atoms with Crippen molar-refractivity contribution >= 4 is 17.3 Å². The molecular weight excluding hydrogens is 264 g/mol. The summed E-state index contributed by atoms with van der Waals surface area (Å²) >= 11 is 0. The lowest BCUT2D eigenvalue weighted by Gasteiger charge is -2.23. The number of benzene rings is 1. The smallest absolute Gasteiger partial charge is 0.224 e. The van der Waals surface area contributed by atoms with Crippen molar-refractivity contribution < 1.29 is 9.53 Å². The van der Waals surface area contributed by atoms with Crippen molar-refractivity contribution in [2.24, 2.45) is 0 Å². The molecule has 4 heteroatoms. The highest BCUT2D eigenvalue weighted by atomic mass is 16.5. The minimum absolute atomic E-state index is 0.0879. The highest BCUT2D eigenvalue weighted by Crippen LogP contribution is 2.30. The van der Waals surface area contributed by atoms with E-state index in [9.17, 15) is 4.79 Å². The van der Waals surface area contributed by atoms with E-state index in [1.165, 1.54) is 12.0 Å². The molecule has 1 amide bonds. The molecule has 1 aromatic carbocycles. The van der Waals surface area contributed by atoms with Crippen LogP contribution in [-0.2, 0) is 16.0 Å². The van der Waals surface area contributed by atoms with Crippen molar-refractivity contribution in [3.63, 3.8) is 0 Å². The van der Waals surface area contributed by atoms with Crippen molar-refractivity contribution in [3.05, 3.63) is 23.8 Å². The van der Waals surface area contributed by atoms with E-state index in [4.69, 9.17) is 4.74 Å². The largest absolute Gasteiger partial charge is 0.383 e. The second-order valence-electron chi connectivity index (χ2n) is 5.95. The van der Waals surface area contributed by atoms with E-state index in [1.807, 2.05) is 12.1 Å². The first-order valence-electron chi connectivity index (χ1n) is 8.10. The third kappa shape index (κ3) is 3.76. The minimum atomic E-state index is 0.0879. The lowest BCUT2D eigenvalue weighted by molar-refractivity contribution is -0.117. The van der Waals surface area contributed by atoms with Gasteiger partial charge in [0.1, 0.15) is 0 Å². The van der Waals surface area contributed by atoms with Gasteiger partial charge in [-0.2, -0.15) is 0 Å². The van der Waals surface area contributed by atoms with Crippen LogP contribution in [0.2, 0.25) is 0 Å². The summed E-state index contributed by atoms with van der Waals surface area (Å²) in [6.45, 7) is 1.83. The van der Waals surface area contributed by atoms with Crippen molar-refractivity contribution in [2.75, 3.05) is 23.8 Å². The van der Waals surface area contributed by atoms with Crippen LogP contribution < -0.4 is 10.6 Å². The molecular formula is C17H24N2O2. The van der Waals surface area contributed by atoms with Crippen LogP contribution in [0.3, 0.4) is 0 Å². The number of nitrogens with one attached hydrogen (secondary N) is 2. The Balaban J connectivity index is 1.55. The van der Waals surface area contributed by atoms with Gasteiger partial charge in [0.15, 0.2) is 0 Å². The fourth-order valence-corrected chi connectivity index (χ4v) is 3.15. The number of amides is 1. The van der Waals surface area contributed by atoms with Crippen LogP contribution >= 0.6 is 0 Å². The highest BCUT2D eigenvalue weighted by Gasteiger charge is 2.17. The first-order chi connectivity index (χ1) is 10.3. The molecule has 0 radical (unpaired) electrons. The van der Waals surface area contributed by atoms with Crippen molar-refractivity contribution in [1.29, 1.82) is 0 Å². The van der Waals surface area contributed by atoms with Gasteiger partial charge < -0.3 is 15.4 Å². The maximum absolute atomic E-state index is 12.1. The molecule has 1 atom stereocenters. The first kappa shape index (κ1) is 14.4. The number of hydrogen-bond acceptors (Lipinski definition) is 3. The summed E-state index contributed by atoms with van der Waals surface area (Å²) < 4.78 is 5.68. The zero-order chi connectivity index (χ0) is 14.5. The second kappa shape index (κ2) is 6.94. The fourth-order valence-electron chi connectivity index (χ4n) is 3.15. The zero-order valence-corrected chi connectivity index (χ0v) is 12.5. The molecule has 2 aliphatic heterocycles. The molecule has 3 rings (SSSR count). The van der Waals surface area contributed by atoms with Crippen LogP contribution in [-0.4, -0.2) is 25.2 Å². The Hall–Kier alpha value is -1.55. The number of aryl methyl sites for hydroxylation is 1. The van der Waals surface area contributed by atoms with Gasteiger partial charge in [-0.3, -0.25) is 4.79 Å². The molecule has 4 nitrogen and oxygen atoms in total. The number of anilines is 2. The molecule has 0 spiro atoms. The van der Waals surface area contributed by atoms with E-state index in [0.29, 0.717) is 6.42 Å². The van der Waals surface area contributed by atoms with Crippen LogP contribution in [0.4, 0.5) is 11.4 Å². The summed E-state index contributed by atoms with van der Waals surface area (Å²) in [6, 6.07) is 6.13. The Labute approximate surface area is 126 Å². The van der Waals surface area contributed by atoms with Gasteiger partial charge >= 0.3 is 0 Å². The Morgan fingerprint density at radius 2 is 2.29 bits per heavy atom. The van der Waals surface area contributed by atoms with E-state index in [0.717, 1.165) is 56.6 Å². The van der Waals surface area contributed by atoms with E-state index in [1.54, 1.807) is 0 Å². The number of carbonyl (C=O) groups is 1.